The summed E-state index contributed by atoms with van der Waals surface area (Å²) in [6.07, 6.45) is 0.526. The second-order valence-electron chi connectivity index (χ2n) is 3.52. The number of benzene rings is 1. The minimum atomic E-state index is 0.145. The zero-order valence-corrected chi connectivity index (χ0v) is 9.86. The molecule has 0 aromatic heterocycles. The summed E-state index contributed by atoms with van der Waals surface area (Å²) in [6, 6.07) is 9.98. The Bertz CT molecular complexity index is 386. The van der Waals surface area contributed by atoms with Crippen LogP contribution in [0.2, 0.25) is 0 Å². The van der Waals surface area contributed by atoms with E-state index in [2.05, 4.69) is 11.8 Å². The molecule has 2 heteroatoms. The lowest BCUT2D eigenvalue weighted by Crippen LogP contribution is -2.30. The minimum Gasteiger partial charge on any atom is -0.327 e. The van der Waals surface area contributed by atoms with Crippen molar-refractivity contribution in [3.8, 4) is 11.8 Å². The van der Waals surface area contributed by atoms with Crippen LogP contribution in [0, 0.1) is 11.8 Å². The first-order valence-electron chi connectivity index (χ1n) is 5.49. The van der Waals surface area contributed by atoms with E-state index >= 15 is 0 Å². The molecule has 2 nitrogen and oxygen atoms in total. The number of amides is 1. The Balaban J connectivity index is 2.69. The lowest BCUT2D eigenvalue weighted by atomic mass is 10.2. The lowest BCUT2D eigenvalue weighted by Gasteiger charge is -2.19. The molecule has 1 amide bonds. The zero-order valence-electron chi connectivity index (χ0n) is 9.86. The Morgan fingerprint density at radius 3 is 2.56 bits per heavy atom. The summed E-state index contributed by atoms with van der Waals surface area (Å²) in [4.78, 5) is 13.5. The fourth-order valence-electron chi connectivity index (χ4n) is 1.43. The SMILES string of the molecule is CC#CCN(Cc1ccccc1)C(=O)CC. The Hall–Kier alpha value is -1.75. The van der Waals surface area contributed by atoms with Crippen molar-refractivity contribution >= 4 is 5.91 Å². The maximum atomic E-state index is 11.7. The van der Waals surface area contributed by atoms with Gasteiger partial charge in [0.2, 0.25) is 5.91 Å². The predicted octanol–water partition coefficient (Wildman–Crippen LogP) is 2.45. The number of carbonyl (C=O) groups is 1. The standard InChI is InChI=1S/C14H17NO/c1-3-5-11-15(14(16)4-2)12-13-9-7-6-8-10-13/h6-10H,4,11-12H2,1-2H3. The molecule has 1 aromatic carbocycles. The van der Waals surface area contributed by atoms with Gasteiger partial charge in [-0.2, -0.15) is 0 Å². The number of carbonyl (C=O) groups excluding carboxylic acids is 1. The van der Waals surface area contributed by atoms with Crippen LogP contribution in [-0.2, 0) is 11.3 Å². The van der Waals surface area contributed by atoms with Crippen LogP contribution in [0.25, 0.3) is 0 Å². The molecule has 1 rings (SSSR count). The monoisotopic (exact) mass is 215 g/mol. The molecule has 0 saturated heterocycles. The molecule has 0 saturated carbocycles. The van der Waals surface area contributed by atoms with E-state index in [4.69, 9.17) is 0 Å². The average Bonchev–Trinajstić information content (AvgIpc) is 2.34. The van der Waals surface area contributed by atoms with E-state index in [1.54, 1.807) is 11.8 Å². The van der Waals surface area contributed by atoms with Gasteiger partial charge in [0, 0.05) is 13.0 Å². The minimum absolute atomic E-state index is 0.145. The van der Waals surface area contributed by atoms with Crippen LogP contribution in [0.5, 0.6) is 0 Å². The molecule has 0 bridgehead atoms. The first-order chi connectivity index (χ1) is 7.77. The third-order valence-corrected chi connectivity index (χ3v) is 2.32. The average molecular weight is 215 g/mol. The quantitative estimate of drug-likeness (QED) is 0.706. The van der Waals surface area contributed by atoms with Gasteiger partial charge in [-0.1, -0.05) is 43.2 Å². The summed E-state index contributed by atoms with van der Waals surface area (Å²) in [5.74, 6) is 5.90. The van der Waals surface area contributed by atoms with Crippen molar-refractivity contribution in [2.45, 2.75) is 26.8 Å². The summed E-state index contributed by atoms with van der Waals surface area (Å²) >= 11 is 0. The van der Waals surface area contributed by atoms with Crippen LogP contribution >= 0.6 is 0 Å². The molecule has 0 aliphatic carbocycles. The van der Waals surface area contributed by atoms with Gasteiger partial charge in [0.25, 0.3) is 0 Å². The molecule has 16 heavy (non-hydrogen) atoms. The fraction of sp³-hybridized carbons (Fsp3) is 0.357. The van der Waals surface area contributed by atoms with Gasteiger partial charge in [-0.05, 0) is 12.5 Å². The van der Waals surface area contributed by atoms with Crippen molar-refractivity contribution in [2.75, 3.05) is 6.54 Å². The number of hydrogen-bond acceptors (Lipinski definition) is 1. The van der Waals surface area contributed by atoms with Gasteiger partial charge in [0.05, 0.1) is 6.54 Å². The summed E-state index contributed by atoms with van der Waals surface area (Å²) in [5.41, 5.74) is 1.14. The van der Waals surface area contributed by atoms with Crippen molar-refractivity contribution in [3.63, 3.8) is 0 Å². The maximum absolute atomic E-state index is 11.7. The van der Waals surface area contributed by atoms with Gasteiger partial charge < -0.3 is 4.90 Å². The molecule has 84 valence electrons. The third-order valence-electron chi connectivity index (χ3n) is 2.32. The van der Waals surface area contributed by atoms with E-state index in [-0.39, 0.29) is 5.91 Å². The van der Waals surface area contributed by atoms with Crippen molar-refractivity contribution in [1.82, 2.24) is 4.90 Å². The van der Waals surface area contributed by atoms with E-state index < -0.39 is 0 Å². The van der Waals surface area contributed by atoms with Crippen LogP contribution in [0.1, 0.15) is 25.8 Å². The van der Waals surface area contributed by atoms with Crippen molar-refractivity contribution in [3.05, 3.63) is 35.9 Å². The van der Waals surface area contributed by atoms with Gasteiger partial charge in [-0.3, -0.25) is 4.79 Å². The summed E-state index contributed by atoms with van der Waals surface area (Å²) in [7, 11) is 0. The third kappa shape index (κ3) is 3.78. The van der Waals surface area contributed by atoms with Crippen LogP contribution in [0.3, 0.4) is 0 Å². The van der Waals surface area contributed by atoms with Gasteiger partial charge in [-0.15, -0.1) is 5.92 Å². The van der Waals surface area contributed by atoms with E-state index in [0.717, 1.165) is 5.56 Å². The summed E-state index contributed by atoms with van der Waals surface area (Å²) in [5, 5.41) is 0. The van der Waals surface area contributed by atoms with Gasteiger partial charge in [-0.25, -0.2) is 0 Å². The fourth-order valence-corrected chi connectivity index (χ4v) is 1.43. The maximum Gasteiger partial charge on any atom is 0.223 e. The Morgan fingerprint density at radius 1 is 1.31 bits per heavy atom. The largest absolute Gasteiger partial charge is 0.327 e. The Labute approximate surface area is 97.3 Å². The summed E-state index contributed by atoms with van der Waals surface area (Å²) < 4.78 is 0. The molecule has 0 heterocycles. The van der Waals surface area contributed by atoms with E-state index in [1.165, 1.54) is 0 Å². The Kier molecular flexibility index (Phi) is 5.15. The second kappa shape index (κ2) is 6.68. The van der Waals surface area contributed by atoms with E-state index in [0.29, 0.717) is 19.5 Å². The zero-order chi connectivity index (χ0) is 11.8. The highest BCUT2D eigenvalue weighted by molar-refractivity contribution is 5.76. The lowest BCUT2D eigenvalue weighted by molar-refractivity contribution is -0.130. The molecule has 0 radical (unpaired) electrons. The molecule has 0 aliphatic heterocycles. The number of rotatable bonds is 4. The van der Waals surface area contributed by atoms with Crippen LogP contribution in [-0.4, -0.2) is 17.4 Å². The molecule has 0 aliphatic rings. The highest BCUT2D eigenvalue weighted by Gasteiger charge is 2.09. The van der Waals surface area contributed by atoms with Crippen LogP contribution < -0.4 is 0 Å². The first-order valence-corrected chi connectivity index (χ1v) is 5.49. The van der Waals surface area contributed by atoms with Crippen molar-refractivity contribution < 1.29 is 4.79 Å². The van der Waals surface area contributed by atoms with E-state index in [9.17, 15) is 4.79 Å². The van der Waals surface area contributed by atoms with Crippen molar-refractivity contribution in [2.24, 2.45) is 0 Å². The highest BCUT2D eigenvalue weighted by atomic mass is 16.2. The predicted molar refractivity (Wildman–Crippen MR) is 65.6 cm³/mol. The first kappa shape index (κ1) is 12.3. The van der Waals surface area contributed by atoms with E-state index in [1.807, 2.05) is 37.3 Å². The molecule has 0 fully saturated rings. The van der Waals surface area contributed by atoms with Crippen LogP contribution in [0.4, 0.5) is 0 Å². The van der Waals surface area contributed by atoms with Gasteiger partial charge >= 0.3 is 0 Å². The molecule has 0 unspecified atom stereocenters. The van der Waals surface area contributed by atoms with Gasteiger partial charge in [0.1, 0.15) is 0 Å². The summed E-state index contributed by atoms with van der Waals surface area (Å²) in [6.45, 7) is 4.82. The number of nitrogens with zero attached hydrogens (tertiary/aromatic N) is 1. The topological polar surface area (TPSA) is 20.3 Å². The van der Waals surface area contributed by atoms with Crippen LogP contribution in [0.15, 0.2) is 30.3 Å². The molecule has 0 atom stereocenters. The molecular weight excluding hydrogens is 198 g/mol. The molecular formula is C14H17NO. The molecule has 0 N–H and O–H groups in total. The highest BCUT2D eigenvalue weighted by Crippen LogP contribution is 2.05. The molecule has 1 aromatic rings. The second-order valence-corrected chi connectivity index (χ2v) is 3.52. The Morgan fingerprint density at radius 2 is 2.00 bits per heavy atom. The van der Waals surface area contributed by atoms with Crippen molar-refractivity contribution in [1.29, 1.82) is 0 Å². The normalized spacial score (nSPS) is 9.12. The van der Waals surface area contributed by atoms with Gasteiger partial charge in [0.15, 0.2) is 0 Å². The molecule has 0 spiro atoms. The smallest absolute Gasteiger partial charge is 0.223 e. The number of hydrogen-bond donors (Lipinski definition) is 0.